The second kappa shape index (κ2) is 5.99. The van der Waals surface area contributed by atoms with Crippen molar-refractivity contribution >= 4 is 12.4 Å². The minimum absolute atomic E-state index is 0. The van der Waals surface area contributed by atoms with E-state index in [0.717, 1.165) is 11.1 Å². The van der Waals surface area contributed by atoms with E-state index in [2.05, 4.69) is 16.2 Å². The molecule has 0 fully saturated rings. The van der Waals surface area contributed by atoms with Crippen LogP contribution in [0.2, 0.25) is 0 Å². The number of halogens is 1. The number of nitriles is 1. The molecule has 0 aliphatic rings. The fraction of sp³-hybridized carbons (Fsp3) is 0.182. The Hall–Kier alpha value is -1.90. The SMILES string of the molecule is Cl.N#Cc1ncccc1Cn1cc(CN)cn1. The van der Waals surface area contributed by atoms with Gasteiger partial charge in [-0.25, -0.2) is 4.98 Å². The minimum Gasteiger partial charge on any atom is -0.326 e. The van der Waals surface area contributed by atoms with Gasteiger partial charge in [-0.1, -0.05) is 6.07 Å². The van der Waals surface area contributed by atoms with Crippen LogP contribution in [0, 0.1) is 11.3 Å². The van der Waals surface area contributed by atoms with Gasteiger partial charge in [0.2, 0.25) is 0 Å². The summed E-state index contributed by atoms with van der Waals surface area (Å²) in [4.78, 5) is 3.99. The summed E-state index contributed by atoms with van der Waals surface area (Å²) in [5.74, 6) is 0. The molecule has 0 unspecified atom stereocenters. The summed E-state index contributed by atoms with van der Waals surface area (Å²) in [6.45, 7) is 1.01. The van der Waals surface area contributed by atoms with Crippen molar-refractivity contribution in [2.45, 2.75) is 13.1 Å². The molecule has 0 aromatic carbocycles. The lowest BCUT2D eigenvalue weighted by molar-refractivity contribution is 0.682. The summed E-state index contributed by atoms with van der Waals surface area (Å²) >= 11 is 0. The number of nitrogens with zero attached hydrogens (tertiary/aromatic N) is 4. The van der Waals surface area contributed by atoms with Crippen molar-refractivity contribution in [2.24, 2.45) is 5.73 Å². The Morgan fingerprint density at radius 1 is 1.47 bits per heavy atom. The smallest absolute Gasteiger partial charge is 0.145 e. The topological polar surface area (TPSA) is 80.5 Å². The first-order valence-electron chi connectivity index (χ1n) is 4.89. The van der Waals surface area contributed by atoms with Crippen LogP contribution in [-0.4, -0.2) is 14.8 Å². The average molecular weight is 250 g/mol. The van der Waals surface area contributed by atoms with Crippen LogP contribution in [0.25, 0.3) is 0 Å². The Kier molecular flexibility index (Phi) is 4.64. The maximum atomic E-state index is 8.89. The summed E-state index contributed by atoms with van der Waals surface area (Å²) in [5.41, 5.74) is 7.76. The van der Waals surface area contributed by atoms with E-state index in [0.29, 0.717) is 18.8 Å². The summed E-state index contributed by atoms with van der Waals surface area (Å²) < 4.78 is 1.75. The van der Waals surface area contributed by atoms with Crippen LogP contribution in [0.4, 0.5) is 0 Å². The lowest BCUT2D eigenvalue weighted by atomic mass is 10.2. The molecule has 5 nitrogen and oxygen atoms in total. The summed E-state index contributed by atoms with van der Waals surface area (Å²) in [6.07, 6.45) is 5.20. The molecule has 0 aliphatic heterocycles. The first-order valence-corrected chi connectivity index (χ1v) is 4.89. The normalized spacial score (nSPS) is 9.41. The van der Waals surface area contributed by atoms with Gasteiger partial charge >= 0.3 is 0 Å². The fourth-order valence-corrected chi connectivity index (χ4v) is 1.44. The van der Waals surface area contributed by atoms with Crippen LogP contribution in [0.1, 0.15) is 16.8 Å². The molecule has 2 rings (SSSR count). The third-order valence-electron chi connectivity index (χ3n) is 2.25. The number of hydrogen-bond acceptors (Lipinski definition) is 4. The van der Waals surface area contributed by atoms with Crippen molar-refractivity contribution < 1.29 is 0 Å². The number of hydrogen-bond donors (Lipinski definition) is 1. The molecule has 0 aliphatic carbocycles. The van der Waals surface area contributed by atoms with Gasteiger partial charge in [-0.3, -0.25) is 4.68 Å². The molecule has 88 valence electrons. The molecule has 0 bridgehead atoms. The molecule has 2 N–H and O–H groups in total. The molecule has 2 heterocycles. The molecule has 0 spiro atoms. The van der Waals surface area contributed by atoms with E-state index in [1.807, 2.05) is 18.3 Å². The molecule has 17 heavy (non-hydrogen) atoms. The Labute approximate surface area is 105 Å². The highest BCUT2D eigenvalue weighted by Crippen LogP contribution is 2.07. The highest BCUT2D eigenvalue weighted by atomic mass is 35.5. The molecule has 6 heteroatoms. The van der Waals surface area contributed by atoms with E-state index in [-0.39, 0.29) is 12.4 Å². The van der Waals surface area contributed by atoms with E-state index in [4.69, 9.17) is 11.0 Å². The van der Waals surface area contributed by atoms with Gasteiger partial charge in [0, 0.05) is 30.1 Å². The van der Waals surface area contributed by atoms with Crippen molar-refractivity contribution in [3.63, 3.8) is 0 Å². The molecule has 0 saturated heterocycles. The summed E-state index contributed by atoms with van der Waals surface area (Å²) in [7, 11) is 0. The summed E-state index contributed by atoms with van der Waals surface area (Å²) in [6, 6.07) is 5.74. The molecular weight excluding hydrogens is 238 g/mol. The van der Waals surface area contributed by atoms with Gasteiger partial charge in [-0.15, -0.1) is 12.4 Å². The van der Waals surface area contributed by atoms with Crippen molar-refractivity contribution in [1.29, 1.82) is 5.26 Å². The molecule has 0 amide bonds. The fourth-order valence-electron chi connectivity index (χ4n) is 1.44. The Morgan fingerprint density at radius 2 is 2.29 bits per heavy atom. The number of nitrogens with two attached hydrogens (primary N) is 1. The van der Waals surface area contributed by atoms with E-state index in [1.54, 1.807) is 17.1 Å². The van der Waals surface area contributed by atoms with Crippen LogP contribution in [-0.2, 0) is 13.1 Å². The summed E-state index contributed by atoms with van der Waals surface area (Å²) in [5, 5.41) is 13.0. The average Bonchev–Trinajstić information content (AvgIpc) is 2.77. The Morgan fingerprint density at radius 3 is 2.94 bits per heavy atom. The molecule has 0 radical (unpaired) electrons. The number of pyridine rings is 1. The van der Waals surface area contributed by atoms with E-state index in [1.165, 1.54) is 0 Å². The second-order valence-electron chi connectivity index (χ2n) is 3.37. The second-order valence-corrected chi connectivity index (χ2v) is 3.37. The van der Waals surface area contributed by atoms with Crippen molar-refractivity contribution in [3.05, 3.63) is 47.5 Å². The van der Waals surface area contributed by atoms with Crippen LogP contribution in [0.15, 0.2) is 30.7 Å². The van der Waals surface area contributed by atoms with Crippen molar-refractivity contribution in [1.82, 2.24) is 14.8 Å². The maximum Gasteiger partial charge on any atom is 0.145 e. The van der Waals surface area contributed by atoms with Crippen molar-refractivity contribution in [3.8, 4) is 6.07 Å². The van der Waals surface area contributed by atoms with Crippen molar-refractivity contribution in [2.75, 3.05) is 0 Å². The largest absolute Gasteiger partial charge is 0.326 e. The molecular formula is C11H12ClN5. The van der Waals surface area contributed by atoms with Gasteiger partial charge in [-0.2, -0.15) is 10.4 Å². The van der Waals surface area contributed by atoms with E-state index in [9.17, 15) is 0 Å². The number of rotatable bonds is 3. The van der Waals surface area contributed by atoms with Gasteiger partial charge in [0.05, 0.1) is 12.7 Å². The minimum atomic E-state index is 0. The molecule has 0 saturated carbocycles. The highest BCUT2D eigenvalue weighted by Gasteiger charge is 2.04. The van der Waals surface area contributed by atoms with Crippen LogP contribution < -0.4 is 5.73 Å². The van der Waals surface area contributed by atoms with Crippen LogP contribution in [0.3, 0.4) is 0 Å². The first kappa shape index (κ1) is 13.2. The quantitative estimate of drug-likeness (QED) is 0.883. The Bertz CT molecular complexity index is 529. The van der Waals surface area contributed by atoms with Gasteiger partial charge in [0.15, 0.2) is 0 Å². The lowest BCUT2D eigenvalue weighted by Crippen LogP contribution is -2.03. The third kappa shape index (κ3) is 3.03. The van der Waals surface area contributed by atoms with Crippen LogP contribution >= 0.6 is 12.4 Å². The molecule has 0 atom stereocenters. The lowest BCUT2D eigenvalue weighted by Gasteiger charge is -2.02. The first-order chi connectivity index (χ1) is 7.83. The highest BCUT2D eigenvalue weighted by molar-refractivity contribution is 5.85. The van der Waals surface area contributed by atoms with Gasteiger partial charge in [-0.05, 0) is 6.07 Å². The monoisotopic (exact) mass is 249 g/mol. The molecule has 2 aromatic heterocycles. The van der Waals surface area contributed by atoms with Gasteiger partial charge in [0.1, 0.15) is 11.8 Å². The maximum absolute atomic E-state index is 8.89. The van der Waals surface area contributed by atoms with Crippen LogP contribution in [0.5, 0.6) is 0 Å². The zero-order valence-electron chi connectivity index (χ0n) is 9.08. The van der Waals surface area contributed by atoms with Gasteiger partial charge in [0.25, 0.3) is 0 Å². The third-order valence-corrected chi connectivity index (χ3v) is 2.25. The molecule has 2 aromatic rings. The predicted octanol–water partition coefficient (Wildman–Crippen LogP) is 1.08. The van der Waals surface area contributed by atoms with Gasteiger partial charge < -0.3 is 5.73 Å². The van der Waals surface area contributed by atoms with E-state index < -0.39 is 0 Å². The predicted molar refractivity (Wildman–Crippen MR) is 65.4 cm³/mol. The van der Waals surface area contributed by atoms with E-state index >= 15 is 0 Å². The standard InChI is InChI=1S/C11H11N5.ClH/c12-4-9-6-15-16(7-9)8-10-2-1-3-14-11(10)5-13;/h1-3,6-7H,4,8,12H2;1H. The zero-order valence-corrected chi connectivity index (χ0v) is 9.89. The Balaban J connectivity index is 0.00000144. The number of aromatic nitrogens is 3. The zero-order chi connectivity index (χ0) is 11.4.